The zero-order chi connectivity index (χ0) is 17.4. The molecule has 1 amide bonds. The first-order chi connectivity index (χ1) is 12.1. The average Bonchev–Trinajstić information content (AvgIpc) is 2.90. The van der Waals surface area contributed by atoms with Gasteiger partial charge >= 0.3 is 5.69 Å². The first-order valence-electron chi connectivity index (χ1n) is 9.31. The Balaban J connectivity index is 1.44. The Morgan fingerprint density at radius 2 is 1.92 bits per heavy atom. The van der Waals surface area contributed by atoms with Gasteiger partial charge in [-0.2, -0.15) is 0 Å². The second kappa shape index (κ2) is 6.67. The Morgan fingerprint density at radius 1 is 1.12 bits per heavy atom. The van der Waals surface area contributed by atoms with Crippen molar-refractivity contribution in [2.45, 2.75) is 38.3 Å². The molecule has 2 aromatic rings. The van der Waals surface area contributed by atoms with E-state index in [1.165, 1.54) is 25.8 Å². The van der Waals surface area contributed by atoms with Crippen molar-refractivity contribution in [2.75, 3.05) is 26.2 Å². The van der Waals surface area contributed by atoms with Crippen molar-refractivity contribution in [2.24, 2.45) is 7.05 Å². The lowest BCUT2D eigenvalue weighted by atomic mass is 9.99. The maximum Gasteiger partial charge on any atom is 0.328 e. The minimum absolute atomic E-state index is 0.0499. The van der Waals surface area contributed by atoms with Gasteiger partial charge in [0.15, 0.2) is 0 Å². The highest BCUT2D eigenvalue weighted by molar-refractivity contribution is 5.78. The third-order valence-electron chi connectivity index (χ3n) is 5.79. The van der Waals surface area contributed by atoms with Crippen LogP contribution in [0.15, 0.2) is 29.1 Å². The molecule has 2 aliphatic rings. The lowest BCUT2D eigenvalue weighted by Crippen LogP contribution is -2.56. The summed E-state index contributed by atoms with van der Waals surface area (Å²) in [7, 11) is 1.78. The monoisotopic (exact) mass is 342 g/mol. The Kier molecular flexibility index (Phi) is 4.37. The Hall–Kier alpha value is -2.08. The molecule has 0 saturated carbocycles. The normalized spacial score (nSPS) is 21.5. The van der Waals surface area contributed by atoms with Crippen LogP contribution in [0.2, 0.25) is 0 Å². The van der Waals surface area contributed by atoms with Crippen molar-refractivity contribution in [3.8, 4) is 0 Å². The van der Waals surface area contributed by atoms with E-state index in [1.54, 1.807) is 16.2 Å². The van der Waals surface area contributed by atoms with Gasteiger partial charge in [0.05, 0.1) is 11.0 Å². The Labute approximate surface area is 147 Å². The zero-order valence-corrected chi connectivity index (χ0v) is 14.9. The molecule has 134 valence electrons. The van der Waals surface area contributed by atoms with Crippen LogP contribution in [0, 0.1) is 0 Å². The number of rotatable bonds is 3. The van der Waals surface area contributed by atoms with Crippen molar-refractivity contribution in [1.82, 2.24) is 18.9 Å². The summed E-state index contributed by atoms with van der Waals surface area (Å²) in [4.78, 5) is 29.7. The number of piperidine rings is 1. The smallest absolute Gasteiger partial charge is 0.328 e. The number of hydrogen-bond donors (Lipinski definition) is 0. The number of para-hydroxylation sites is 2. The van der Waals surface area contributed by atoms with Crippen LogP contribution in [-0.2, 0) is 18.4 Å². The fourth-order valence-corrected chi connectivity index (χ4v) is 4.33. The zero-order valence-electron chi connectivity index (χ0n) is 14.9. The molecule has 1 atom stereocenters. The third kappa shape index (κ3) is 2.99. The summed E-state index contributed by atoms with van der Waals surface area (Å²) in [5.41, 5.74) is 1.77. The van der Waals surface area contributed by atoms with Crippen molar-refractivity contribution in [1.29, 1.82) is 0 Å². The minimum Gasteiger partial charge on any atom is -0.340 e. The highest BCUT2D eigenvalue weighted by Gasteiger charge is 2.30. The predicted molar refractivity (Wildman–Crippen MR) is 97.6 cm³/mol. The van der Waals surface area contributed by atoms with Crippen molar-refractivity contribution >= 4 is 16.9 Å². The summed E-state index contributed by atoms with van der Waals surface area (Å²) in [5, 5.41) is 0. The van der Waals surface area contributed by atoms with E-state index >= 15 is 0 Å². The maximum atomic E-state index is 12.7. The number of amides is 1. The lowest BCUT2D eigenvalue weighted by Gasteiger charge is -2.44. The molecule has 0 spiro atoms. The largest absolute Gasteiger partial charge is 0.340 e. The molecule has 0 N–H and O–H groups in total. The van der Waals surface area contributed by atoms with Crippen LogP contribution < -0.4 is 5.69 Å². The number of piperazine rings is 1. The number of hydrogen-bond acceptors (Lipinski definition) is 3. The number of carbonyl (C=O) groups is 1. The topological polar surface area (TPSA) is 50.5 Å². The lowest BCUT2D eigenvalue weighted by molar-refractivity contribution is -0.135. The van der Waals surface area contributed by atoms with Gasteiger partial charge in [-0.25, -0.2) is 4.79 Å². The molecule has 1 aromatic heterocycles. The van der Waals surface area contributed by atoms with Crippen LogP contribution in [0.4, 0.5) is 0 Å². The molecule has 0 radical (unpaired) electrons. The molecule has 2 aliphatic heterocycles. The van der Waals surface area contributed by atoms with Gasteiger partial charge in [-0.15, -0.1) is 0 Å². The second-order valence-electron chi connectivity index (χ2n) is 7.26. The molecule has 2 fully saturated rings. The van der Waals surface area contributed by atoms with E-state index in [9.17, 15) is 9.59 Å². The second-order valence-corrected chi connectivity index (χ2v) is 7.26. The molecule has 0 aliphatic carbocycles. The number of aromatic nitrogens is 2. The van der Waals surface area contributed by atoms with Gasteiger partial charge in [-0.3, -0.25) is 18.8 Å². The summed E-state index contributed by atoms with van der Waals surface area (Å²) in [6.45, 7) is 4.29. The maximum absolute atomic E-state index is 12.7. The number of imidazole rings is 1. The van der Waals surface area contributed by atoms with Gasteiger partial charge in [0.25, 0.3) is 0 Å². The molecule has 4 rings (SSSR count). The minimum atomic E-state index is -0.0499. The molecule has 0 bridgehead atoms. The molecule has 6 nitrogen and oxygen atoms in total. The van der Waals surface area contributed by atoms with E-state index in [0.717, 1.165) is 30.7 Å². The van der Waals surface area contributed by atoms with Crippen LogP contribution >= 0.6 is 0 Å². The van der Waals surface area contributed by atoms with E-state index in [-0.39, 0.29) is 11.6 Å². The van der Waals surface area contributed by atoms with Gasteiger partial charge in [-0.05, 0) is 31.5 Å². The van der Waals surface area contributed by atoms with Crippen LogP contribution in [0.1, 0.15) is 25.7 Å². The van der Waals surface area contributed by atoms with Gasteiger partial charge in [0.1, 0.15) is 0 Å². The Morgan fingerprint density at radius 3 is 2.76 bits per heavy atom. The van der Waals surface area contributed by atoms with Gasteiger partial charge in [0, 0.05) is 45.7 Å². The van der Waals surface area contributed by atoms with Crippen LogP contribution in [0.25, 0.3) is 11.0 Å². The summed E-state index contributed by atoms with van der Waals surface area (Å²) in [5.74, 6) is 0.171. The molecule has 1 aromatic carbocycles. The predicted octanol–water partition coefficient (Wildman–Crippen LogP) is 1.43. The highest BCUT2D eigenvalue weighted by atomic mass is 16.2. The third-order valence-corrected chi connectivity index (χ3v) is 5.79. The van der Waals surface area contributed by atoms with Gasteiger partial charge < -0.3 is 4.90 Å². The van der Waals surface area contributed by atoms with E-state index in [0.29, 0.717) is 19.0 Å². The summed E-state index contributed by atoms with van der Waals surface area (Å²) < 4.78 is 3.38. The standard InChI is InChI=1S/C19H26N4O2/c1-20-16-7-2-3-8-17(16)23(19(20)25)11-9-18(24)22-13-12-21-10-5-4-6-15(21)14-22/h2-3,7-8,15H,4-6,9-14H2,1H3/t15-/m0/s1. The quantitative estimate of drug-likeness (QED) is 0.848. The van der Waals surface area contributed by atoms with Gasteiger partial charge in [0.2, 0.25) is 5.91 Å². The number of benzene rings is 1. The highest BCUT2D eigenvalue weighted by Crippen LogP contribution is 2.21. The van der Waals surface area contributed by atoms with E-state index in [2.05, 4.69) is 4.90 Å². The first kappa shape index (κ1) is 16.4. The fourth-order valence-electron chi connectivity index (χ4n) is 4.33. The molecular weight excluding hydrogens is 316 g/mol. The summed E-state index contributed by atoms with van der Waals surface area (Å²) in [6, 6.07) is 8.29. The molecule has 3 heterocycles. The SMILES string of the molecule is Cn1c(=O)n(CCC(=O)N2CCN3CCCC[C@H]3C2)c2ccccc21. The number of fused-ring (bicyclic) bond motifs is 2. The summed E-state index contributed by atoms with van der Waals surface area (Å²) >= 11 is 0. The van der Waals surface area contributed by atoms with Crippen molar-refractivity contribution in [3.05, 3.63) is 34.7 Å². The summed E-state index contributed by atoms with van der Waals surface area (Å²) in [6.07, 6.45) is 4.15. The molecular formula is C19H26N4O2. The van der Waals surface area contributed by atoms with Crippen LogP contribution in [-0.4, -0.2) is 57.1 Å². The number of nitrogens with zero attached hydrogens (tertiary/aromatic N) is 4. The van der Waals surface area contributed by atoms with E-state index in [4.69, 9.17) is 0 Å². The number of aryl methyl sites for hydroxylation is 2. The fraction of sp³-hybridized carbons (Fsp3) is 0.579. The van der Waals surface area contributed by atoms with Crippen molar-refractivity contribution < 1.29 is 4.79 Å². The Bertz CT molecular complexity index is 838. The van der Waals surface area contributed by atoms with E-state index < -0.39 is 0 Å². The van der Waals surface area contributed by atoms with E-state index in [1.807, 2.05) is 29.2 Å². The van der Waals surface area contributed by atoms with Crippen LogP contribution in [0.3, 0.4) is 0 Å². The molecule has 25 heavy (non-hydrogen) atoms. The van der Waals surface area contributed by atoms with Gasteiger partial charge in [-0.1, -0.05) is 18.6 Å². The van der Waals surface area contributed by atoms with Crippen LogP contribution in [0.5, 0.6) is 0 Å². The average molecular weight is 342 g/mol. The number of carbonyl (C=O) groups excluding carboxylic acids is 1. The molecule has 2 saturated heterocycles. The van der Waals surface area contributed by atoms with Crippen molar-refractivity contribution in [3.63, 3.8) is 0 Å². The first-order valence-corrected chi connectivity index (χ1v) is 9.31. The molecule has 0 unspecified atom stereocenters. The molecule has 6 heteroatoms.